The zero-order chi connectivity index (χ0) is 18.9. The topological polar surface area (TPSA) is 90.9 Å². The Kier molecular flexibility index (Phi) is 6.73. The number of hydrogen-bond acceptors (Lipinski definition) is 6. The molecule has 7 heteroatoms. The molecular weight excluding hydrogens is 338 g/mol. The largest absolute Gasteiger partial charge is 0.496 e. The van der Waals surface area contributed by atoms with Gasteiger partial charge in [-0.1, -0.05) is 24.3 Å². The molecule has 1 amide bonds. The molecule has 0 aliphatic rings. The molecule has 2 aromatic carbocycles. The van der Waals surface area contributed by atoms with E-state index in [1.54, 1.807) is 48.5 Å². The van der Waals surface area contributed by atoms with E-state index >= 15 is 0 Å². The van der Waals surface area contributed by atoms with E-state index in [4.69, 9.17) is 9.47 Å². The van der Waals surface area contributed by atoms with Gasteiger partial charge in [-0.25, -0.2) is 9.59 Å². The maximum Gasteiger partial charge on any atom is 0.342 e. The molecule has 0 aromatic heterocycles. The molecule has 26 heavy (non-hydrogen) atoms. The van der Waals surface area contributed by atoms with Crippen molar-refractivity contribution in [3.05, 3.63) is 65.2 Å². The highest BCUT2D eigenvalue weighted by atomic mass is 16.5. The highest BCUT2D eigenvalue weighted by Gasteiger charge is 2.14. The van der Waals surface area contributed by atoms with Gasteiger partial charge < -0.3 is 19.5 Å². The first-order chi connectivity index (χ1) is 12.5. The standard InChI is InChI=1S/C19H19NO6/c1-24-16-6-4-3-5-15(16)19(23)26-12-17(21)20-11-13-7-9-14(10-8-13)18(22)25-2/h3-10H,11-12H2,1-2H3,(H,20,21). The fourth-order valence-corrected chi connectivity index (χ4v) is 2.15. The Labute approximate surface area is 150 Å². The van der Waals surface area contributed by atoms with Crippen LogP contribution in [-0.4, -0.2) is 38.7 Å². The van der Waals surface area contributed by atoms with Crippen LogP contribution in [0.5, 0.6) is 5.75 Å². The molecule has 0 atom stereocenters. The van der Waals surface area contributed by atoms with Crippen molar-refractivity contribution < 1.29 is 28.6 Å². The molecule has 0 spiro atoms. The van der Waals surface area contributed by atoms with Crippen LogP contribution in [0.15, 0.2) is 48.5 Å². The fraction of sp³-hybridized carbons (Fsp3) is 0.211. The van der Waals surface area contributed by atoms with Crippen molar-refractivity contribution >= 4 is 17.8 Å². The predicted octanol–water partition coefficient (Wildman–Crippen LogP) is 1.95. The van der Waals surface area contributed by atoms with Crippen LogP contribution >= 0.6 is 0 Å². The van der Waals surface area contributed by atoms with Gasteiger partial charge in [0.1, 0.15) is 11.3 Å². The first-order valence-electron chi connectivity index (χ1n) is 7.79. The van der Waals surface area contributed by atoms with Crippen molar-refractivity contribution in [1.82, 2.24) is 5.32 Å². The van der Waals surface area contributed by atoms with Crippen LogP contribution in [0, 0.1) is 0 Å². The van der Waals surface area contributed by atoms with Crippen molar-refractivity contribution in [2.75, 3.05) is 20.8 Å². The Morgan fingerprint density at radius 3 is 2.27 bits per heavy atom. The van der Waals surface area contributed by atoms with Crippen LogP contribution in [-0.2, 0) is 20.8 Å². The highest BCUT2D eigenvalue weighted by molar-refractivity contribution is 5.94. The van der Waals surface area contributed by atoms with Gasteiger partial charge in [-0.05, 0) is 29.8 Å². The number of hydrogen-bond donors (Lipinski definition) is 1. The van der Waals surface area contributed by atoms with Crippen LogP contribution in [0.4, 0.5) is 0 Å². The third kappa shape index (κ3) is 5.07. The van der Waals surface area contributed by atoms with Crippen molar-refractivity contribution in [2.24, 2.45) is 0 Å². The molecule has 136 valence electrons. The first kappa shape index (κ1) is 19.0. The molecule has 0 unspecified atom stereocenters. The van der Waals surface area contributed by atoms with Crippen molar-refractivity contribution in [3.8, 4) is 5.75 Å². The van der Waals surface area contributed by atoms with E-state index in [2.05, 4.69) is 10.1 Å². The summed E-state index contributed by atoms with van der Waals surface area (Å²) >= 11 is 0. The van der Waals surface area contributed by atoms with E-state index in [1.165, 1.54) is 14.2 Å². The van der Waals surface area contributed by atoms with E-state index in [0.29, 0.717) is 11.3 Å². The van der Waals surface area contributed by atoms with Gasteiger partial charge in [0.25, 0.3) is 5.91 Å². The number of amides is 1. The van der Waals surface area contributed by atoms with E-state index in [9.17, 15) is 14.4 Å². The average molecular weight is 357 g/mol. The number of para-hydroxylation sites is 1. The van der Waals surface area contributed by atoms with Crippen LogP contribution in [0.1, 0.15) is 26.3 Å². The normalized spacial score (nSPS) is 9.92. The number of benzene rings is 2. The lowest BCUT2D eigenvalue weighted by atomic mass is 10.1. The number of methoxy groups -OCH3 is 2. The Morgan fingerprint density at radius 2 is 1.62 bits per heavy atom. The summed E-state index contributed by atoms with van der Waals surface area (Å²) in [7, 11) is 2.76. The number of esters is 2. The van der Waals surface area contributed by atoms with E-state index in [1.807, 2.05) is 0 Å². The molecule has 2 aromatic rings. The summed E-state index contributed by atoms with van der Waals surface area (Å²) in [6, 6.07) is 13.2. The molecule has 1 N–H and O–H groups in total. The zero-order valence-corrected chi connectivity index (χ0v) is 14.5. The van der Waals surface area contributed by atoms with Gasteiger partial charge in [0, 0.05) is 6.54 Å². The van der Waals surface area contributed by atoms with Crippen LogP contribution in [0.25, 0.3) is 0 Å². The second kappa shape index (κ2) is 9.22. The van der Waals surface area contributed by atoms with Crippen molar-refractivity contribution in [1.29, 1.82) is 0 Å². The third-order valence-corrected chi connectivity index (χ3v) is 3.53. The smallest absolute Gasteiger partial charge is 0.342 e. The number of carbonyl (C=O) groups excluding carboxylic acids is 3. The molecule has 0 heterocycles. The lowest BCUT2D eigenvalue weighted by Gasteiger charge is -2.09. The molecular formula is C19H19NO6. The summed E-state index contributed by atoms with van der Waals surface area (Å²) < 4.78 is 14.7. The summed E-state index contributed by atoms with van der Waals surface area (Å²) in [5, 5.41) is 2.63. The SMILES string of the molecule is COC(=O)c1ccc(CNC(=O)COC(=O)c2ccccc2OC)cc1. The first-order valence-corrected chi connectivity index (χ1v) is 7.79. The molecule has 0 saturated heterocycles. The van der Waals surface area contributed by atoms with E-state index in [0.717, 1.165) is 5.56 Å². The summed E-state index contributed by atoms with van der Waals surface area (Å²) in [5.41, 5.74) is 1.47. The quantitative estimate of drug-likeness (QED) is 0.762. The molecule has 0 fully saturated rings. The van der Waals surface area contributed by atoms with Gasteiger partial charge in [-0.2, -0.15) is 0 Å². The molecule has 2 rings (SSSR count). The second-order valence-electron chi connectivity index (χ2n) is 5.24. The Morgan fingerprint density at radius 1 is 0.923 bits per heavy atom. The van der Waals surface area contributed by atoms with Crippen LogP contribution in [0.3, 0.4) is 0 Å². The third-order valence-electron chi connectivity index (χ3n) is 3.53. The Bertz CT molecular complexity index is 785. The Balaban J connectivity index is 1.82. The van der Waals surface area contributed by atoms with Gasteiger partial charge >= 0.3 is 11.9 Å². The number of carbonyl (C=O) groups is 3. The van der Waals surface area contributed by atoms with E-state index in [-0.39, 0.29) is 12.1 Å². The number of ether oxygens (including phenoxy) is 3. The van der Waals surface area contributed by atoms with Crippen LogP contribution in [0.2, 0.25) is 0 Å². The minimum absolute atomic E-state index is 0.243. The van der Waals surface area contributed by atoms with Crippen molar-refractivity contribution in [2.45, 2.75) is 6.54 Å². The minimum Gasteiger partial charge on any atom is -0.496 e. The second-order valence-corrected chi connectivity index (χ2v) is 5.24. The molecule has 7 nitrogen and oxygen atoms in total. The number of nitrogens with one attached hydrogen (secondary N) is 1. The monoisotopic (exact) mass is 357 g/mol. The minimum atomic E-state index is -0.639. The van der Waals surface area contributed by atoms with Crippen LogP contribution < -0.4 is 10.1 Å². The van der Waals surface area contributed by atoms with Gasteiger partial charge in [0.05, 0.1) is 19.8 Å². The summed E-state index contributed by atoms with van der Waals surface area (Å²) in [6.45, 7) is -0.163. The maximum absolute atomic E-state index is 12.0. The Hall–Kier alpha value is -3.35. The summed E-state index contributed by atoms with van der Waals surface area (Å²) in [5.74, 6) is -1.13. The molecule has 0 aliphatic carbocycles. The van der Waals surface area contributed by atoms with Gasteiger partial charge in [0.15, 0.2) is 6.61 Å². The van der Waals surface area contributed by atoms with Gasteiger partial charge in [0.2, 0.25) is 0 Å². The average Bonchev–Trinajstić information content (AvgIpc) is 2.70. The zero-order valence-electron chi connectivity index (χ0n) is 14.5. The maximum atomic E-state index is 12.0. The fourth-order valence-electron chi connectivity index (χ4n) is 2.15. The lowest BCUT2D eigenvalue weighted by Crippen LogP contribution is -2.28. The van der Waals surface area contributed by atoms with E-state index < -0.39 is 24.5 Å². The molecule has 0 saturated carbocycles. The van der Waals surface area contributed by atoms with Crippen molar-refractivity contribution in [3.63, 3.8) is 0 Å². The van der Waals surface area contributed by atoms with Gasteiger partial charge in [-0.3, -0.25) is 4.79 Å². The molecule has 0 bridgehead atoms. The summed E-state index contributed by atoms with van der Waals surface area (Å²) in [4.78, 5) is 35.2. The number of rotatable bonds is 7. The predicted molar refractivity (Wildman–Crippen MR) is 92.9 cm³/mol. The summed E-state index contributed by atoms with van der Waals surface area (Å²) in [6.07, 6.45) is 0. The van der Waals surface area contributed by atoms with Gasteiger partial charge in [-0.15, -0.1) is 0 Å². The molecule has 0 radical (unpaired) electrons. The lowest BCUT2D eigenvalue weighted by molar-refractivity contribution is -0.124. The highest BCUT2D eigenvalue weighted by Crippen LogP contribution is 2.18. The molecule has 0 aliphatic heterocycles.